The largest absolute Gasteiger partial charge is 0.468 e. The van der Waals surface area contributed by atoms with Gasteiger partial charge in [-0.1, -0.05) is 24.6 Å². The second-order valence-corrected chi connectivity index (χ2v) is 4.67. The van der Waals surface area contributed by atoms with Crippen LogP contribution in [0.4, 0.5) is 0 Å². The van der Waals surface area contributed by atoms with Gasteiger partial charge in [0.1, 0.15) is 6.54 Å². The van der Waals surface area contributed by atoms with Crippen molar-refractivity contribution < 1.29 is 14.3 Å². The molecule has 0 radical (unpaired) electrons. The zero-order valence-electron chi connectivity index (χ0n) is 11.4. The van der Waals surface area contributed by atoms with Gasteiger partial charge in [-0.2, -0.15) is 0 Å². The highest BCUT2D eigenvalue weighted by Gasteiger charge is 2.18. The standard InChI is InChI=1S/C14H18ClNO3/c1-4-7-16(9-13(17)19-3)14(18)11-6-5-10(2)12(15)8-11/h5-6,8H,4,7,9H2,1-3H3. The summed E-state index contributed by atoms with van der Waals surface area (Å²) < 4.78 is 4.60. The Kier molecular flexibility index (Phi) is 5.83. The summed E-state index contributed by atoms with van der Waals surface area (Å²) in [6.07, 6.45) is 0.766. The lowest BCUT2D eigenvalue weighted by Crippen LogP contribution is -2.36. The average molecular weight is 284 g/mol. The van der Waals surface area contributed by atoms with Crippen LogP contribution < -0.4 is 0 Å². The fraction of sp³-hybridized carbons (Fsp3) is 0.429. The van der Waals surface area contributed by atoms with E-state index in [0.29, 0.717) is 17.1 Å². The van der Waals surface area contributed by atoms with Gasteiger partial charge < -0.3 is 9.64 Å². The molecule has 1 aromatic rings. The third kappa shape index (κ3) is 4.24. The van der Waals surface area contributed by atoms with E-state index in [2.05, 4.69) is 4.74 Å². The second-order valence-electron chi connectivity index (χ2n) is 4.27. The molecule has 0 fully saturated rings. The fourth-order valence-corrected chi connectivity index (χ4v) is 1.83. The molecule has 0 N–H and O–H groups in total. The number of hydrogen-bond donors (Lipinski definition) is 0. The van der Waals surface area contributed by atoms with Crippen molar-refractivity contribution in [2.24, 2.45) is 0 Å². The third-order valence-corrected chi connectivity index (χ3v) is 3.15. The molecule has 0 aliphatic heterocycles. The lowest BCUT2D eigenvalue weighted by atomic mass is 10.1. The molecule has 0 aromatic heterocycles. The molecule has 0 saturated carbocycles. The summed E-state index contributed by atoms with van der Waals surface area (Å²) in [6.45, 7) is 4.27. The highest BCUT2D eigenvalue weighted by Crippen LogP contribution is 2.18. The third-order valence-electron chi connectivity index (χ3n) is 2.75. The maximum atomic E-state index is 12.3. The Bertz CT molecular complexity index is 474. The van der Waals surface area contributed by atoms with E-state index in [1.807, 2.05) is 13.8 Å². The summed E-state index contributed by atoms with van der Waals surface area (Å²) in [7, 11) is 1.31. The van der Waals surface area contributed by atoms with E-state index in [1.54, 1.807) is 18.2 Å². The van der Waals surface area contributed by atoms with Crippen molar-refractivity contribution in [2.75, 3.05) is 20.2 Å². The van der Waals surface area contributed by atoms with E-state index in [1.165, 1.54) is 12.0 Å². The molecule has 1 aromatic carbocycles. The number of carbonyl (C=O) groups is 2. The molecule has 5 heteroatoms. The topological polar surface area (TPSA) is 46.6 Å². The zero-order valence-corrected chi connectivity index (χ0v) is 12.2. The van der Waals surface area contributed by atoms with Crippen molar-refractivity contribution in [3.8, 4) is 0 Å². The van der Waals surface area contributed by atoms with Crippen LogP contribution in [0.25, 0.3) is 0 Å². The van der Waals surface area contributed by atoms with Crippen molar-refractivity contribution in [3.05, 3.63) is 34.3 Å². The molecule has 0 aliphatic carbocycles. The first-order valence-corrected chi connectivity index (χ1v) is 6.49. The summed E-state index contributed by atoms with van der Waals surface area (Å²) in [5, 5.41) is 0.542. The normalized spacial score (nSPS) is 10.1. The predicted octanol–water partition coefficient (Wildman–Crippen LogP) is 2.67. The van der Waals surface area contributed by atoms with E-state index in [9.17, 15) is 9.59 Å². The summed E-state index contributed by atoms with van der Waals surface area (Å²) in [5.41, 5.74) is 1.39. The molecular weight excluding hydrogens is 266 g/mol. The molecule has 0 heterocycles. The van der Waals surface area contributed by atoms with E-state index in [-0.39, 0.29) is 12.5 Å². The van der Waals surface area contributed by atoms with Crippen LogP contribution in [0, 0.1) is 6.92 Å². The lowest BCUT2D eigenvalue weighted by Gasteiger charge is -2.21. The summed E-state index contributed by atoms with van der Waals surface area (Å²) in [6, 6.07) is 5.13. The van der Waals surface area contributed by atoms with Crippen LogP contribution in [0.5, 0.6) is 0 Å². The molecule has 0 saturated heterocycles. The molecule has 0 aliphatic rings. The number of hydrogen-bond acceptors (Lipinski definition) is 3. The molecule has 1 rings (SSSR count). The van der Waals surface area contributed by atoms with Crippen molar-refractivity contribution in [3.63, 3.8) is 0 Å². The highest BCUT2D eigenvalue weighted by atomic mass is 35.5. The Morgan fingerprint density at radius 2 is 2.05 bits per heavy atom. The van der Waals surface area contributed by atoms with Crippen molar-refractivity contribution in [1.82, 2.24) is 4.90 Å². The number of nitrogens with zero attached hydrogens (tertiary/aromatic N) is 1. The molecule has 1 amide bonds. The number of benzene rings is 1. The van der Waals surface area contributed by atoms with Gasteiger partial charge in [-0.3, -0.25) is 9.59 Å². The number of halogens is 1. The van der Waals surface area contributed by atoms with E-state index in [0.717, 1.165) is 12.0 Å². The molecule has 0 spiro atoms. The Balaban J connectivity index is 2.91. The van der Waals surface area contributed by atoms with Crippen LogP contribution in [-0.2, 0) is 9.53 Å². The molecule has 104 valence electrons. The van der Waals surface area contributed by atoms with Crippen LogP contribution >= 0.6 is 11.6 Å². The first-order valence-electron chi connectivity index (χ1n) is 6.11. The molecule has 4 nitrogen and oxygen atoms in total. The highest BCUT2D eigenvalue weighted by molar-refractivity contribution is 6.31. The number of esters is 1. The van der Waals surface area contributed by atoms with Gasteiger partial charge in [-0.05, 0) is 31.0 Å². The fourth-order valence-electron chi connectivity index (χ4n) is 1.65. The summed E-state index contributed by atoms with van der Waals surface area (Å²) >= 11 is 6.01. The van der Waals surface area contributed by atoms with Gasteiger partial charge in [0.05, 0.1) is 7.11 Å². The molecule has 0 atom stereocenters. The smallest absolute Gasteiger partial charge is 0.325 e. The van der Waals surface area contributed by atoms with Gasteiger partial charge in [0.15, 0.2) is 0 Å². The number of rotatable bonds is 5. The maximum absolute atomic E-state index is 12.3. The van der Waals surface area contributed by atoms with Gasteiger partial charge in [0.25, 0.3) is 5.91 Å². The van der Waals surface area contributed by atoms with Crippen molar-refractivity contribution in [1.29, 1.82) is 0 Å². The van der Waals surface area contributed by atoms with Gasteiger partial charge in [0.2, 0.25) is 0 Å². The number of aryl methyl sites for hydroxylation is 1. The van der Waals surface area contributed by atoms with E-state index < -0.39 is 5.97 Å². The predicted molar refractivity (Wildman–Crippen MR) is 74.4 cm³/mol. The quantitative estimate of drug-likeness (QED) is 0.781. The average Bonchev–Trinajstić information content (AvgIpc) is 2.40. The Morgan fingerprint density at radius 3 is 2.58 bits per heavy atom. The maximum Gasteiger partial charge on any atom is 0.325 e. The van der Waals surface area contributed by atoms with Gasteiger partial charge >= 0.3 is 5.97 Å². The minimum Gasteiger partial charge on any atom is -0.468 e. The minimum absolute atomic E-state index is 0.0470. The van der Waals surface area contributed by atoms with Crippen LogP contribution in [0.2, 0.25) is 5.02 Å². The van der Waals surface area contributed by atoms with Gasteiger partial charge in [-0.15, -0.1) is 0 Å². The van der Waals surface area contributed by atoms with E-state index >= 15 is 0 Å². The Labute approximate surface area is 118 Å². The monoisotopic (exact) mass is 283 g/mol. The van der Waals surface area contributed by atoms with Gasteiger partial charge in [-0.25, -0.2) is 0 Å². The van der Waals surface area contributed by atoms with E-state index in [4.69, 9.17) is 11.6 Å². The first kappa shape index (κ1) is 15.5. The van der Waals surface area contributed by atoms with Crippen LogP contribution in [0.3, 0.4) is 0 Å². The summed E-state index contributed by atoms with van der Waals surface area (Å²) in [4.78, 5) is 25.1. The first-order chi connectivity index (χ1) is 8.99. The molecule has 19 heavy (non-hydrogen) atoms. The number of ether oxygens (including phenoxy) is 1. The molecule has 0 bridgehead atoms. The van der Waals surface area contributed by atoms with Crippen LogP contribution in [0.15, 0.2) is 18.2 Å². The van der Waals surface area contributed by atoms with Crippen LogP contribution in [0.1, 0.15) is 29.3 Å². The lowest BCUT2D eigenvalue weighted by molar-refractivity contribution is -0.141. The second kappa shape index (κ2) is 7.14. The van der Waals surface area contributed by atoms with Crippen LogP contribution in [-0.4, -0.2) is 37.0 Å². The van der Waals surface area contributed by atoms with Crippen molar-refractivity contribution in [2.45, 2.75) is 20.3 Å². The Hall–Kier alpha value is -1.55. The molecular formula is C14H18ClNO3. The number of carbonyl (C=O) groups excluding carboxylic acids is 2. The summed E-state index contributed by atoms with van der Waals surface area (Å²) in [5.74, 6) is -0.644. The molecule has 0 unspecified atom stereocenters. The SMILES string of the molecule is CCCN(CC(=O)OC)C(=O)c1ccc(C)c(Cl)c1. The number of amides is 1. The zero-order chi connectivity index (χ0) is 14.4. The van der Waals surface area contributed by atoms with Crippen molar-refractivity contribution >= 4 is 23.5 Å². The number of methoxy groups -OCH3 is 1. The Morgan fingerprint density at radius 1 is 1.37 bits per heavy atom. The minimum atomic E-state index is -0.431. The van der Waals surface area contributed by atoms with Gasteiger partial charge in [0, 0.05) is 17.1 Å².